The van der Waals surface area contributed by atoms with Gasteiger partial charge in [-0.25, -0.2) is 4.98 Å². The van der Waals surface area contributed by atoms with Crippen LogP contribution in [0.25, 0.3) is 0 Å². The average Bonchev–Trinajstić information content (AvgIpc) is 3.05. The number of carbonyl (C=O) groups excluding carboxylic acids is 1. The van der Waals surface area contributed by atoms with Gasteiger partial charge in [-0.05, 0) is 30.5 Å². The normalized spacial score (nSPS) is 16.2. The van der Waals surface area contributed by atoms with Crippen LogP contribution in [-0.2, 0) is 12.1 Å². The van der Waals surface area contributed by atoms with Crippen LogP contribution in [0.15, 0.2) is 29.6 Å². The Balaban J connectivity index is 0.00000208. The Labute approximate surface area is 157 Å². The van der Waals surface area contributed by atoms with Gasteiger partial charge in [0.25, 0.3) is 5.91 Å². The minimum Gasteiger partial charge on any atom is -0.341 e. The number of hydrogen-bond donors (Lipinski definition) is 2. The van der Waals surface area contributed by atoms with Crippen molar-refractivity contribution in [3.63, 3.8) is 0 Å². The smallest absolute Gasteiger partial charge is 0.271 e. The zero-order chi connectivity index (χ0) is 16.3. The average molecular weight is 386 g/mol. The number of nitrogens with zero attached hydrogens (tertiary/aromatic N) is 1. The molecule has 2 aromatic rings. The summed E-state index contributed by atoms with van der Waals surface area (Å²) in [6, 6.07) is 7.80. The van der Waals surface area contributed by atoms with Gasteiger partial charge >= 0.3 is 0 Å². The summed E-state index contributed by atoms with van der Waals surface area (Å²) in [4.78, 5) is 16.9. The lowest BCUT2D eigenvalue weighted by Gasteiger charge is -2.38. The molecule has 130 valence electrons. The summed E-state index contributed by atoms with van der Waals surface area (Å²) in [5.41, 5.74) is 6.82. The van der Waals surface area contributed by atoms with Crippen LogP contribution in [0.4, 0.5) is 0 Å². The van der Waals surface area contributed by atoms with Gasteiger partial charge in [0.2, 0.25) is 0 Å². The lowest BCUT2D eigenvalue weighted by atomic mass is 9.76. The Hall–Kier alpha value is -1.14. The molecule has 4 nitrogen and oxygen atoms in total. The summed E-state index contributed by atoms with van der Waals surface area (Å²) in [5.74, 6) is -0.127. The van der Waals surface area contributed by atoms with E-state index in [2.05, 4.69) is 10.3 Å². The Bertz CT molecular complexity index is 681. The molecule has 1 aromatic carbocycles. The van der Waals surface area contributed by atoms with Crippen LogP contribution in [0.1, 0.15) is 53.2 Å². The van der Waals surface area contributed by atoms with Crippen molar-refractivity contribution >= 4 is 41.3 Å². The predicted octanol–water partition coefficient (Wildman–Crippen LogP) is 4.27. The number of carbonyl (C=O) groups is 1. The molecule has 0 spiro atoms. The second-order valence-corrected chi connectivity index (χ2v) is 7.31. The number of thiazole rings is 1. The molecule has 0 aliphatic heterocycles. The van der Waals surface area contributed by atoms with Gasteiger partial charge < -0.3 is 11.1 Å². The van der Waals surface area contributed by atoms with E-state index in [-0.39, 0.29) is 23.9 Å². The lowest BCUT2D eigenvalue weighted by Crippen LogP contribution is -2.47. The fraction of sp³-hybridized carbons (Fsp3) is 0.412. The SMILES string of the molecule is Cl.NCc1nc(C(=O)NC2(c3ccc(Cl)cc3)CCCCC2)cs1. The molecule has 1 aliphatic carbocycles. The second-order valence-electron chi connectivity index (χ2n) is 5.93. The molecule has 1 saturated carbocycles. The van der Waals surface area contributed by atoms with E-state index in [1.165, 1.54) is 17.8 Å². The first-order chi connectivity index (χ1) is 11.1. The third-order valence-corrected chi connectivity index (χ3v) is 5.54. The molecule has 3 N–H and O–H groups in total. The Kier molecular flexibility index (Phi) is 6.63. The predicted molar refractivity (Wildman–Crippen MR) is 101 cm³/mol. The van der Waals surface area contributed by atoms with Gasteiger partial charge in [-0.3, -0.25) is 4.79 Å². The van der Waals surface area contributed by atoms with Gasteiger partial charge in [0.1, 0.15) is 10.7 Å². The van der Waals surface area contributed by atoms with Gasteiger partial charge in [-0.2, -0.15) is 0 Å². The van der Waals surface area contributed by atoms with E-state index in [0.717, 1.165) is 36.3 Å². The van der Waals surface area contributed by atoms with Crippen molar-refractivity contribution < 1.29 is 4.79 Å². The Morgan fingerprint density at radius 3 is 2.50 bits per heavy atom. The summed E-state index contributed by atoms with van der Waals surface area (Å²) in [7, 11) is 0. The number of nitrogens with two attached hydrogens (primary N) is 1. The third kappa shape index (κ3) is 4.09. The fourth-order valence-electron chi connectivity index (χ4n) is 3.20. The number of benzene rings is 1. The molecule has 7 heteroatoms. The minimum atomic E-state index is -0.327. The molecule has 1 amide bonds. The molecule has 0 bridgehead atoms. The highest BCUT2D eigenvalue weighted by molar-refractivity contribution is 7.09. The summed E-state index contributed by atoms with van der Waals surface area (Å²) < 4.78 is 0. The van der Waals surface area contributed by atoms with E-state index in [1.54, 1.807) is 5.38 Å². The molecule has 1 aliphatic rings. The maximum absolute atomic E-state index is 12.7. The lowest BCUT2D eigenvalue weighted by molar-refractivity contribution is 0.0861. The van der Waals surface area contributed by atoms with Crippen LogP contribution in [0.3, 0.4) is 0 Å². The maximum Gasteiger partial charge on any atom is 0.271 e. The Morgan fingerprint density at radius 2 is 1.92 bits per heavy atom. The van der Waals surface area contributed by atoms with Crippen molar-refractivity contribution in [3.05, 3.63) is 50.9 Å². The van der Waals surface area contributed by atoms with Crippen LogP contribution < -0.4 is 11.1 Å². The molecular formula is C17H21Cl2N3OS. The number of amides is 1. The number of hydrogen-bond acceptors (Lipinski definition) is 4. The second kappa shape index (κ2) is 8.30. The van der Waals surface area contributed by atoms with Gasteiger partial charge in [-0.15, -0.1) is 23.7 Å². The number of halogens is 2. The zero-order valence-corrected chi connectivity index (χ0v) is 15.6. The number of rotatable bonds is 4. The van der Waals surface area contributed by atoms with E-state index in [1.807, 2.05) is 24.3 Å². The largest absolute Gasteiger partial charge is 0.341 e. The summed E-state index contributed by atoms with van der Waals surface area (Å²) in [5, 5.41) is 6.50. The van der Waals surface area contributed by atoms with Crippen molar-refractivity contribution in [3.8, 4) is 0 Å². The van der Waals surface area contributed by atoms with Crippen LogP contribution in [0, 0.1) is 0 Å². The van der Waals surface area contributed by atoms with E-state index in [4.69, 9.17) is 17.3 Å². The molecule has 0 atom stereocenters. The molecule has 0 saturated heterocycles. The van der Waals surface area contributed by atoms with Crippen molar-refractivity contribution in [1.29, 1.82) is 0 Å². The van der Waals surface area contributed by atoms with Crippen LogP contribution >= 0.6 is 35.3 Å². The van der Waals surface area contributed by atoms with E-state index in [9.17, 15) is 4.79 Å². The first kappa shape index (κ1) is 19.2. The highest BCUT2D eigenvalue weighted by Crippen LogP contribution is 2.37. The van der Waals surface area contributed by atoms with Crippen LogP contribution in [0.2, 0.25) is 5.02 Å². The van der Waals surface area contributed by atoms with Crippen molar-refractivity contribution in [2.24, 2.45) is 5.73 Å². The summed E-state index contributed by atoms with van der Waals surface area (Å²) in [6.07, 6.45) is 5.30. The molecule has 24 heavy (non-hydrogen) atoms. The van der Waals surface area contributed by atoms with Gasteiger partial charge in [0.15, 0.2) is 0 Å². The monoisotopic (exact) mass is 385 g/mol. The molecule has 0 unspecified atom stereocenters. The van der Waals surface area contributed by atoms with Crippen molar-refractivity contribution in [2.75, 3.05) is 0 Å². The fourth-order valence-corrected chi connectivity index (χ4v) is 3.98. The number of nitrogens with one attached hydrogen (secondary N) is 1. The summed E-state index contributed by atoms with van der Waals surface area (Å²) in [6.45, 7) is 0.361. The highest BCUT2D eigenvalue weighted by atomic mass is 35.5. The van der Waals surface area contributed by atoms with Gasteiger partial charge in [0.05, 0.1) is 5.54 Å². The Morgan fingerprint density at radius 1 is 1.25 bits per heavy atom. The molecule has 1 fully saturated rings. The van der Waals surface area contributed by atoms with Gasteiger partial charge in [0, 0.05) is 16.9 Å². The van der Waals surface area contributed by atoms with Gasteiger partial charge in [-0.1, -0.05) is 43.0 Å². The van der Waals surface area contributed by atoms with Crippen LogP contribution in [0.5, 0.6) is 0 Å². The molecule has 1 heterocycles. The van der Waals surface area contributed by atoms with Crippen molar-refractivity contribution in [2.45, 2.75) is 44.2 Å². The van der Waals surface area contributed by atoms with Crippen molar-refractivity contribution in [1.82, 2.24) is 10.3 Å². The first-order valence-corrected chi connectivity index (χ1v) is 9.12. The molecular weight excluding hydrogens is 365 g/mol. The first-order valence-electron chi connectivity index (χ1n) is 7.86. The third-order valence-electron chi connectivity index (χ3n) is 4.42. The maximum atomic E-state index is 12.7. The molecule has 1 aromatic heterocycles. The highest BCUT2D eigenvalue weighted by Gasteiger charge is 2.36. The molecule has 3 rings (SSSR count). The van der Waals surface area contributed by atoms with E-state index < -0.39 is 0 Å². The molecule has 0 radical (unpaired) electrons. The standard InChI is InChI=1S/C17H20ClN3OS.ClH/c18-13-6-4-12(5-7-13)17(8-2-1-3-9-17)21-16(22)14-11-23-15(10-19)20-14;/h4-7,11H,1-3,8-10,19H2,(H,21,22);1H. The summed E-state index contributed by atoms with van der Waals surface area (Å²) >= 11 is 7.43. The topological polar surface area (TPSA) is 68.0 Å². The van der Waals surface area contributed by atoms with E-state index >= 15 is 0 Å². The van der Waals surface area contributed by atoms with Crippen LogP contribution in [-0.4, -0.2) is 10.9 Å². The zero-order valence-electron chi connectivity index (χ0n) is 13.3. The number of aromatic nitrogens is 1. The van der Waals surface area contributed by atoms with E-state index in [0.29, 0.717) is 17.3 Å². The minimum absolute atomic E-state index is 0. The quantitative estimate of drug-likeness (QED) is 0.825.